The quantitative estimate of drug-likeness (QED) is 0.647. The molecule has 0 radical (unpaired) electrons. The van der Waals surface area contributed by atoms with Crippen molar-refractivity contribution < 1.29 is 22.6 Å². The third kappa shape index (κ3) is 2.26. The molecule has 19 heavy (non-hydrogen) atoms. The summed E-state index contributed by atoms with van der Waals surface area (Å²) >= 11 is 0. The van der Waals surface area contributed by atoms with Crippen molar-refractivity contribution in [2.45, 2.75) is 18.7 Å². The van der Waals surface area contributed by atoms with E-state index in [1.165, 1.54) is 12.1 Å². The molecular formula is C12H13NO5S. The second-order valence-corrected chi connectivity index (χ2v) is 5.98. The normalized spacial score (nSPS) is 24.1. The molecule has 102 valence electrons. The van der Waals surface area contributed by atoms with E-state index in [0.717, 1.165) is 17.0 Å². The summed E-state index contributed by atoms with van der Waals surface area (Å²) in [6, 6.07) is 4.95. The zero-order valence-electron chi connectivity index (χ0n) is 10.4. The summed E-state index contributed by atoms with van der Waals surface area (Å²) in [5.41, 5.74) is 0.304. The lowest BCUT2D eigenvalue weighted by atomic mass is 10.00. The van der Waals surface area contributed by atoms with E-state index in [-0.39, 0.29) is 16.7 Å². The van der Waals surface area contributed by atoms with Crippen LogP contribution >= 0.6 is 0 Å². The molecule has 1 N–H and O–H groups in total. The summed E-state index contributed by atoms with van der Waals surface area (Å²) in [5.74, 6) is -1.41. The van der Waals surface area contributed by atoms with Crippen LogP contribution in [0.4, 0.5) is 5.69 Å². The van der Waals surface area contributed by atoms with Crippen LogP contribution in [0.25, 0.3) is 0 Å². The number of imide groups is 1. The molecule has 0 saturated carbocycles. The van der Waals surface area contributed by atoms with Gasteiger partial charge in [-0.25, -0.2) is 0 Å². The van der Waals surface area contributed by atoms with Crippen molar-refractivity contribution in [3.8, 4) is 0 Å². The Kier molecular flexibility index (Phi) is 3.19. The SMILES string of the molecule is CC1C(=O)N(c2ccc(S(=O)(=O)O)cc2)C(=O)C1C. The highest BCUT2D eigenvalue weighted by molar-refractivity contribution is 7.85. The molecule has 2 atom stereocenters. The van der Waals surface area contributed by atoms with Gasteiger partial charge < -0.3 is 0 Å². The molecule has 2 unspecified atom stereocenters. The van der Waals surface area contributed by atoms with Crippen LogP contribution in [-0.4, -0.2) is 24.8 Å². The molecule has 1 aliphatic rings. The molecule has 2 rings (SSSR count). The van der Waals surface area contributed by atoms with Crippen LogP contribution in [-0.2, 0) is 19.7 Å². The second-order valence-electron chi connectivity index (χ2n) is 4.56. The summed E-state index contributed by atoms with van der Waals surface area (Å²) in [7, 11) is -4.28. The van der Waals surface area contributed by atoms with Crippen molar-refractivity contribution in [2.24, 2.45) is 11.8 Å². The van der Waals surface area contributed by atoms with E-state index in [1.54, 1.807) is 13.8 Å². The van der Waals surface area contributed by atoms with Crippen molar-refractivity contribution >= 4 is 27.6 Å². The van der Waals surface area contributed by atoms with Gasteiger partial charge in [0, 0.05) is 11.8 Å². The molecule has 0 bridgehead atoms. The highest BCUT2D eigenvalue weighted by atomic mass is 32.2. The van der Waals surface area contributed by atoms with Gasteiger partial charge in [0.05, 0.1) is 10.6 Å². The van der Waals surface area contributed by atoms with Gasteiger partial charge in [-0.15, -0.1) is 0 Å². The first-order chi connectivity index (χ1) is 8.73. The Balaban J connectivity index is 2.39. The first kappa shape index (κ1) is 13.7. The summed E-state index contributed by atoms with van der Waals surface area (Å²) in [6.07, 6.45) is 0. The number of carbonyl (C=O) groups is 2. The topological polar surface area (TPSA) is 91.8 Å². The van der Waals surface area contributed by atoms with E-state index in [2.05, 4.69) is 0 Å². The molecule has 0 aliphatic carbocycles. The molecule has 1 aromatic carbocycles. The zero-order valence-corrected chi connectivity index (χ0v) is 11.2. The minimum Gasteiger partial charge on any atom is -0.282 e. The maximum Gasteiger partial charge on any atom is 0.294 e. The molecule has 7 heteroatoms. The number of benzene rings is 1. The van der Waals surface area contributed by atoms with Gasteiger partial charge in [0.15, 0.2) is 0 Å². The fourth-order valence-corrected chi connectivity index (χ4v) is 2.45. The van der Waals surface area contributed by atoms with Crippen LogP contribution in [0, 0.1) is 11.8 Å². The Morgan fingerprint density at radius 1 is 1.00 bits per heavy atom. The molecule has 1 fully saturated rings. The average molecular weight is 283 g/mol. The van der Waals surface area contributed by atoms with Crippen molar-refractivity contribution in [2.75, 3.05) is 4.90 Å². The first-order valence-electron chi connectivity index (χ1n) is 5.69. The van der Waals surface area contributed by atoms with Crippen molar-refractivity contribution in [1.82, 2.24) is 0 Å². The minimum atomic E-state index is -4.28. The number of nitrogens with zero attached hydrogens (tertiary/aromatic N) is 1. The maximum absolute atomic E-state index is 11.9. The van der Waals surface area contributed by atoms with E-state index in [1.807, 2.05) is 0 Å². The maximum atomic E-state index is 11.9. The molecule has 1 heterocycles. The third-order valence-corrected chi connectivity index (χ3v) is 4.23. The van der Waals surface area contributed by atoms with E-state index in [9.17, 15) is 18.0 Å². The first-order valence-corrected chi connectivity index (χ1v) is 7.13. The Morgan fingerprint density at radius 2 is 1.42 bits per heavy atom. The van der Waals surface area contributed by atoms with Gasteiger partial charge >= 0.3 is 0 Å². The minimum absolute atomic E-state index is 0.281. The molecule has 1 saturated heterocycles. The summed E-state index contributed by atoms with van der Waals surface area (Å²) < 4.78 is 30.7. The average Bonchev–Trinajstić information content (AvgIpc) is 2.53. The van der Waals surface area contributed by atoms with Gasteiger partial charge in [-0.1, -0.05) is 13.8 Å². The van der Waals surface area contributed by atoms with Crippen LogP contribution in [0.15, 0.2) is 29.2 Å². The lowest BCUT2D eigenvalue weighted by Gasteiger charge is -2.14. The summed E-state index contributed by atoms with van der Waals surface area (Å²) in [5, 5.41) is 0. The highest BCUT2D eigenvalue weighted by Gasteiger charge is 2.42. The number of rotatable bonds is 2. The molecule has 2 amide bonds. The fourth-order valence-electron chi connectivity index (χ4n) is 1.97. The number of amides is 2. The van der Waals surface area contributed by atoms with Crippen LogP contribution in [0.3, 0.4) is 0 Å². The monoisotopic (exact) mass is 283 g/mol. The second kappa shape index (κ2) is 4.43. The molecular weight excluding hydrogens is 270 g/mol. The lowest BCUT2D eigenvalue weighted by molar-refractivity contribution is -0.122. The lowest BCUT2D eigenvalue weighted by Crippen LogP contribution is -2.30. The Hall–Kier alpha value is -1.73. The van der Waals surface area contributed by atoms with Gasteiger partial charge in [0.2, 0.25) is 11.8 Å². The highest BCUT2D eigenvalue weighted by Crippen LogP contribution is 2.30. The molecule has 6 nitrogen and oxygen atoms in total. The van der Waals surface area contributed by atoms with Crippen molar-refractivity contribution in [3.63, 3.8) is 0 Å². The number of hydrogen-bond acceptors (Lipinski definition) is 4. The van der Waals surface area contributed by atoms with Crippen LogP contribution in [0.2, 0.25) is 0 Å². The standard InChI is InChI=1S/C12H13NO5S/c1-7-8(2)12(15)13(11(7)14)9-3-5-10(6-4-9)19(16,17)18/h3-8H,1-2H3,(H,16,17,18). The Morgan fingerprint density at radius 3 is 1.79 bits per heavy atom. The van der Waals surface area contributed by atoms with E-state index < -0.39 is 22.0 Å². The van der Waals surface area contributed by atoms with E-state index in [4.69, 9.17) is 4.55 Å². The predicted octanol–water partition coefficient (Wildman–Crippen LogP) is 1.08. The molecule has 1 aromatic rings. The smallest absolute Gasteiger partial charge is 0.282 e. The van der Waals surface area contributed by atoms with Crippen LogP contribution in [0.5, 0.6) is 0 Å². The van der Waals surface area contributed by atoms with Crippen molar-refractivity contribution in [1.29, 1.82) is 0 Å². The number of anilines is 1. The van der Waals surface area contributed by atoms with E-state index >= 15 is 0 Å². The molecule has 0 spiro atoms. The number of hydrogen-bond donors (Lipinski definition) is 1. The van der Waals surface area contributed by atoms with Crippen molar-refractivity contribution in [3.05, 3.63) is 24.3 Å². The summed E-state index contributed by atoms with van der Waals surface area (Å²) in [4.78, 5) is 24.7. The van der Waals surface area contributed by atoms with Crippen LogP contribution in [0.1, 0.15) is 13.8 Å². The molecule has 0 aromatic heterocycles. The largest absolute Gasteiger partial charge is 0.294 e. The predicted molar refractivity (Wildman–Crippen MR) is 67.1 cm³/mol. The third-order valence-electron chi connectivity index (χ3n) is 3.36. The summed E-state index contributed by atoms with van der Waals surface area (Å²) in [6.45, 7) is 3.36. The Labute approximate surface area is 110 Å². The molecule has 1 aliphatic heterocycles. The Bertz CT molecular complexity index is 615. The zero-order chi connectivity index (χ0) is 14.4. The van der Waals surface area contributed by atoms with Gasteiger partial charge in [0.25, 0.3) is 10.1 Å². The van der Waals surface area contributed by atoms with Gasteiger partial charge in [-0.2, -0.15) is 8.42 Å². The van der Waals surface area contributed by atoms with Gasteiger partial charge in [-0.3, -0.25) is 19.0 Å². The van der Waals surface area contributed by atoms with Gasteiger partial charge in [0.1, 0.15) is 0 Å². The van der Waals surface area contributed by atoms with Gasteiger partial charge in [-0.05, 0) is 24.3 Å². The fraction of sp³-hybridized carbons (Fsp3) is 0.333. The van der Waals surface area contributed by atoms with Crippen LogP contribution < -0.4 is 4.90 Å². The number of carbonyl (C=O) groups excluding carboxylic acids is 2. The van der Waals surface area contributed by atoms with E-state index in [0.29, 0.717) is 5.69 Å².